The lowest BCUT2D eigenvalue weighted by atomic mass is 9.81. The number of rotatable bonds is 14. The summed E-state index contributed by atoms with van der Waals surface area (Å²) in [5, 5.41) is 0. The second-order valence-corrected chi connectivity index (χ2v) is 14.2. The van der Waals surface area contributed by atoms with Gasteiger partial charge in [0, 0.05) is 48.7 Å². The molecule has 4 N–H and O–H groups in total. The molecular formula is C36H58BrN7O3. The number of carbonyl (C=O) groups is 1. The Hall–Kier alpha value is -3.05. The van der Waals surface area contributed by atoms with Crippen LogP contribution in [-0.2, 0) is 4.79 Å². The van der Waals surface area contributed by atoms with Crippen LogP contribution in [0.3, 0.4) is 0 Å². The van der Waals surface area contributed by atoms with Crippen LogP contribution in [0, 0.1) is 5.41 Å². The Kier molecular flexibility index (Phi) is 15.8. The molecule has 0 bridgehead atoms. The molecule has 1 unspecified atom stereocenters. The number of nitrogens with zero attached hydrogens (tertiary/aromatic N) is 6. The second kappa shape index (κ2) is 18.5. The minimum Gasteiger partial charge on any atom is -0.463 e. The van der Waals surface area contributed by atoms with Crippen molar-refractivity contribution in [3.8, 4) is 6.01 Å². The van der Waals surface area contributed by atoms with Crippen LogP contribution >= 0.6 is 15.9 Å². The predicted molar refractivity (Wildman–Crippen MR) is 201 cm³/mol. The summed E-state index contributed by atoms with van der Waals surface area (Å²) in [6.45, 7) is 17.5. The third kappa shape index (κ3) is 10.5. The van der Waals surface area contributed by atoms with E-state index in [0.29, 0.717) is 25.7 Å². The molecule has 1 aliphatic heterocycles. The number of likely N-dealkylation sites (N-methyl/N-ethyl adjacent to an activating group) is 1. The average Bonchev–Trinajstić information content (AvgIpc) is 3.26. The van der Waals surface area contributed by atoms with Gasteiger partial charge in [0.1, 0.15) is 5.82 Å². The van der Waals surface area contributed by atoms with E-state index in [1.54, 1.807) is 20.2 Å². The van der Waals surface area contributed by atoms with Crippen LogP contribution in [-0.4, -0.2) is 84.1 Å². The zero-order chi connectivity index (χ0) is 34.0. The number of hydrogen-bond donors (Lipinski definition) is 1. The highest BCUT2D eigenvalue weighted by molar-refractivity contribution is 9.12. The van der Waals surface area contributed by atoms with Gasteiger partial charge in [0.2, 0.25) is 0 Å². The van der Waals surface area contributed by atoms with Crippen molar-refractivity contribution < 1.29 is 15.0 Å². The fourth-order valence-corrected chi connectivity index (χ4v) is 6.42. The van der Waals surface area contributed by atoms with Crippen LogP contribution in [0.25, 0.3) is 11.1 Å². The van der Waals surface area contributed by atoms with E-state index in [9.17, 15) is 4.79 Å². The molecule has 1 aliphatic carbocycles. The molecule has 0 aromatic carbocycles. The van der Waals surface area contributed by atoms with Gasteiger partial charge in [-0.15, -0.1) is 0 Å². The first-order chi connectivity index (χ1) is 21.8. The first-order valence-corrected chi connectivity index (χ1v) is 17.8. The van der Waals surface area contributed by atoms with Gasteiger partial charge in [-0.05, 0) is 74.5 Å². The van der Waals surface area contributed by atoms with Gasteiger partial charge in [-0.2, -0.15) is 9.97 Å². The number of hydrogen-bond acceptors (Lipinski definition) is 8. The van der Waals surface area contributed by atoms with Crippen LogP contribution in [0.1, 0.15) is 111 Å². The molecule has 2 aliphatic rings. The van der Waals surface area contributed by atoms with Crippen LogP contribution in [0.4, 0.5) is 5.82 Å². The highest BCUT2D eigenvalue weighted by atomic mass is 79.9. The number of amides is 1. The largest absolute Gasteiger partial charge is 0.463 e. The summed E-state index contributed by atoms with van der Waals surface area (Å²) in [5.41, 5.74) is 11.8. The van der Waals surface area contributed by atoms with Crippen molar-refractivity contribution in [2.24, 2.45) is 21.1 Å². The molecule has 262 valence electrons. The highest BCUT2D eigenvalue weighted by Crippen LogP contribution is 2.43. The molecule has 3 rings (SSSR count). The fourth-order valence-electron chi connectivity index (χ4n) is 5.92. The van der Waals surface area contributed by atoms with Gasteiger partial charge in [0.05, 0.1) is 41.5 Å². The van der Waals surface area contributed by atoms with E-state index in [0.717, 1.165) is 76.4 Å². The summed E-state index contributed by atoms with van der Waals surface area (Å²) in [6.07, 6.45) is 12.8. The topological polar surface area (TPSA) is 141 Å². The number of allylic oxidation sites excluding steroid dienone is 4. The van der Waals surface area contributed by atoms with Gasteiger partial charge in [0.15, 0.2) is 0 Å². The molecule has 2 heterocycles. The molecule has 0 fully saturated rings. The lowest BCUT2D eigenvalue weighted by molar-refractivity contribution is -0.124. The van der Waals surface area contributed by atoms with E-state index < -0.39 is 0 Å². The minimum atomic E-state index is -0.241. The van der Waals surface area contributed by atoms with E-state index in [4.69, 9.17) is 30.4 Å². The third-order valence-electron chi connectivity index (χ3n) is 8.56. The van der Waals surface area contributed by atoms with Gasteiger partial charge >= 0.3 is 6.01 Å². The minimum absolute atomic E-state index is 0. The Balaban J connectivity index is 0.00000768. The van der Waals surface area contributed by atoms with Gasteiger partial charge in [0.25, 0.3) is 5.91 Å². The van der Waals surface area contributed by atoms with Crippen molar-refractivity contribution in [2.45, 2.75) is 106 Å². The van der Waals surface area contributed by atoms with Crippen LogP contribution < -0.4 is 15.4 Å². The summed E-state index contributed by atoms with van der Waals surface area (Å²) in [4.78, 5) is 36.3. The van der Waals surface area contributed by atoms with Gasteiger partial charge in [-0.25, -0.2) is 0 Å². The normalized spacial score (nSPS) is 18.5. The molecule has 10 nitrogen and oxygen atoms in total. The quantitative estimate of drug-likeness (QED) is 0.166. The maximum Gasteiger partial charge on any atom is 0.318 e. The Bertz CT molecular complexity index is 1400. The Morgan fingerprint density at radius 3 is 2.47 bits per heavy atom. The Morgan fingerprint density at radius 2 is 1.85 bits per heavy atom. The molecule has 0 radical (unpaired) electrons. The number of anilines is 1. The summed E-state index contributed by atoms with van der Waals surface area (Å²) < 4.78 is 7.50. The highest BCUT2D eigenvalue weighted by Gasteiger charge is 2.33. The fraction of sp³-hybridized carbons (Fsp3) is 0.639. The molecule has 0 saturated heterocycles. The molecular weight excluding hydrogens is 658 g/mol. The molecule has 0 spiro atoms. The lowest BCUT2D eigenvalue weighted by Crippen LogP contribution is -2.33. The number of carbonyl (C=O) groups excluding carboxylic acids is 1. The number of fused-ring (bicyclic) bond motifs is 1. The first kappa shape index (κ1) is 40.1. The van der Waals surface area contributed by atoms with E-state index in [-0.39, 0.29) is 28.5 Å². The number of aliphatic imine (C=N–C) groups is 2. The van der Waals surface area contributed by atoms with Crippen molar-refractivity contribution in [3.05, 3.63) is 33.6 Å². The lowest BCUT2D eigenvalue weighted by Gasteiger charge is -2.32. The zero-order valence-corrected chi connectivity index (χ0v) is 31.8. The van der Waals surface area contributed by atoms with E-state index in [1.807, 2.05) is 6.92 Å². The molecule has 1 aromatic rings. The number of aromatic nitrogens is 2. The number of ether oxygens (including phenoxy) is 1. The molecule has 1 atom stereocenters. The summed E-state index contributed by atoms with van der Waals surface area (Å²) in [5.74, 6) is 0.542. The maximum atomic E-state index is 12.6. The maximum absolute atomic E-state index is 12.6. The van der Waals surface area contributed by atoms with Gasteiger partial charge in [-0.1, -0.05) is 59.0 Å². The van der Waals surface area contributed by atoms with E-state index in [1.165, 1.54) is 30.6 Å². The standard InChI is InChI=1S/C36H56BrN7O2.H2O/c1-10-13-15-18-36(7,17-14-11-2)23-46-35-41-31-25(6)30(37)32(40-24(4)5)27(12-3)29(31)33(42-35)44-20-16-19-39-26(22-44)21-28(38)34(45)43(8)9;/h12,21,24H,10-11,13-20,22-23,38H2,1-9H3;1H2/b27-12-,28-21-,40-32?;. The van der Waals surface area contributed by atoms with Gasteiger partial charge < -0.3 is 25.7 Å². The smallest absolute Gasteiger partial charge is 0.318 e. The Labute approximate surface area is 291 Å². The Morgan fingerprint density at radius 1 is 1.17 bits per heavy atom. The van der Waals surface area contributed by atoms with Crippen LogP contribution in [0.15, 0.2) is 32.3 Å². The monoisotopic (exact) mass is 715 g/mol. The average molecular weight is 717 g/mol. The van der Waals surface area contributed by atoms with Crippen molar-refractivity contribution in [3.63, 3.8) is 0 Å². The zero-order valence-electron chi connectivity index (χ0n) is 30.2. The number of unbranched alkanes of at least 4 members (excludes halogenated alkanes) is 3. The third-order valence-corrected chi connectivity index (χ3v) is 9.53. The molecule has 1 aromatic heterocycles. The number of halogens is 1. The second-order valence-electron chi connectivity index (χ2n) is 13.4. The van der Waals surface area contributed by atoms with E-state index >= 15 is 0 Å². The SMILES string of the molecule is C/C=C1\C(=NC(C)C)C(Br)=C(C)c2nc(OCC(C)(CCCC)CCCCC)nc(N3CCCN=C(/C=C(\N)C(=O)N(C)C)C3)c21.O. The van der Waals surface area contributed by atoms with E-state index in [2.05, 4.69) is 68.4 Å². The van der Waals surface area contributed by atoms with Crippen LogP contribution in [0.5, 0.6) is 6.01 Å². The number of nitrogens with two attached hydrogens (primary N) is 1. The molecule has 47 heavy (non-hydrogen) atoms. The van der Waals surface area contributed by atoms with Gasteiger partial charge in [-0.3, -0.25) is 14.8 Å². The van der Waals surface area contributed by atoms with Crippen molar-refractivity contribution >= 4 is 50.2 Å². The molecule has 1 amide bonds. The van der Waals surface area contributed by atoms with Crippen molar-refractivity contribution in [1.29, 1.82) is 0 Å². The first-order valence-electron chi connectivity index (χ1n) is 17.0. The van der Waals surface area contributed by atoms with Crippen molar-refractivity contribution in [1.82, 2.24) is 14.9 Å². The summed E-state index contributed by atoms with van der Waals surface area (Å²) >= 11 is 3.87. The van der Waals surface area contributed by atoms with Crippen molar-refractivity contribution in [2.75, 3.05) is 45.2 Å². The van der Waals surface area contributed by atoms with Crippen LogP contribution in [0.2, 0.25) is 0 Å². The molecule has 11 heteroatoms. The molecule has 0 saturated carbocycles. The predicted octanol–water partition coefficient (Wildman–Crippen LogP) is 6.78. The summed E-state index contributed by atoms with van der Waals surface area (Å²) in [7, 11) is 3.39. The summed E-state index contributed by atoms with van der Waals surface area (Å²) in [6, 6.07) is 0.485.